The number of hydrogen-bond donors (Lipinski definition) is 1. The summed E-state index contributed by atoms with van der Waals surface area (Å²) in [6.45, 7) is 6.93. The normalized spacial score (nSPS) is 18.1. The maximum atomic E-state index is 12.4. The Kier molecular flexibility index (Phi) is 3.85. The molecule has 2 aromatic heterocycles. The molecule has 0 radical (unpaired) electrons. The molecule has 0 saturated carbocycles. The summed E-state index contributed by atoms with van der Waals surface area (Å²) in [4.78, 5) is 14.5. The third-order valence-corrected chi connectivity index (χ3v) is 5.72. The summed E-state index contributed by atoms with van der Waals surface area (Å²) in [7, 11) is 1.84. The van der Waals surface area contributed by atoms with Crippen molar-refractivity contribution in [1.29, 1.82) is 0 Å². The molecule has 118 valence electrons. The Morgan fingerprint density at radius 3 is 2.86 bits per heavy atom. The zero-order chi connectivity index (χ0) is 15.9. The summed E-state index contributed by atoms with van der Waals surface area (Å²) < 4.78 is 1.68. The number of carbonyl (C=O) groups is 1. The lowest BCUT2D eigenvalue weighted by molar-refractivity contribution is 0.103. The van der Waals surface area contributed by atoms with E-state index in [1.807, 2.05) is 13.2 Å². The summed E-state index contributed by atoms with van der Waals surface area (Å²) in [5, 5.41) is 7.06. The van der Waals surface area contributed by atoms with Crippen molar-refractivity contribution in [3.63, 3.8) is 0 Å². The van der Waals surface area contributed by atoms with E-state index in [2.05, 4.69) is 37.3 Å². The Hall–Kier alpha value is -1.62. The number of hydrogen-bond acceptors (Lipinski definition) is 3. The molecule has 0 saturated heterocycles. The second-order valence-electron chi connectivity index (χ2n) is 7.19. The van der Waals surface area contributed by atoms with E-state index in [4.69, 9.17) is 0 Å². The second-order valence-corrected chi connectivity index (χ2v) is 8.33. The van der Waals surface area contributed by atoms with Crippen molar-refractivity contribution in [3.05, 3.63) is 33.6 Å². The van der Waals surface area contributed by atoms with E-state index in [1.165, 1.54) is 16.9 Å². The number of nitrogens with zero attached hydrogens (tertiary/aromatic N) is 2. The molecule has 0 unspecified atom stereocenters. The number of aromatic nitrogens is 2. The molecule has 1 aliphatic rings. The highest BCUT2D eigenvalue weighted by Gasteiger charge is 2.30. The molecule has 1 aliphatic carbocycles. The number of fused-ring (bicyclic) bond motifs is 1. The van der Waals surface area contributed by atoms with Crippen LogP contribution in [0.4, 0.5) is 5.82 Å². The maximum absolute atomic E-state index is 12.4. The van der Waals surface area contributed by atoms with Gasteiger partial charge in [0.2, 0.25) is 0 Å². The SMILES string of the molecule is Cn1ccc(NC(=O)c2cc3c(s2)CC[C@@H](C(C)(C)C)C3)n1. The molecule has 2 heterocycles. The van der Waals surface area contributed by atoms with Crippen molar-refractivity contribution in [2.24, 2.45) is 18.4 Å². The largest absolute Gasteiger partial charge is 0.304 e. The maximum Gasteiger partial charge on any atom is 0.266 e. The molecule has 0 aromatic carbocycles. The Labute approximate surface area is 135 Å². The number of anilines is 1. The first-order chi connectivity index (χ1) is 10.3. The van der Waals surface area contributed by atoms with E-state index in [1.54, 1.807) is 22.1 Å². The molecule has 22 heavy (non-hydrogen) atoms. The van der Waals surface area contributed by atoms with Crippen LogP contribution in [-0.2, 0) is 19.9 Å². The minimum absolute atomic E-state index is 0.0505. The Morgan fingerprint density at radius 2 is 2.23 bits per heavy atom. The minimum Gasteiger partial charge on any atom is -0.304 e. The van der Waals surface area contributed by atoms with Crippen LogP contribution in [0, 0.1) is 11.3 Å². The van der Waals surface area contributed by atoms with Crippen LogP contribution in [0.5, 0.6) is 0 Å². The van der Waals surface area contributed by atoms with Crippen LogP contribution in [0.1, 0.15) is 47.3 Å². The molecule has 2 aromatic rings. The van der Waals surface area contributed by atoms with E-state index in [0.717, 1.165) is 17.7 Å². The van der Waals surface area contributed by atoms with Gasteiger partial charge in [0.15, 0.2) is 5.82 Å². The van der Waals surface area contributed by atoms with Crippen LogP contribution in [0.15, 0.2) is 18.3 Å². The van der Waals surface area contributed by atoms with Gasteiger partial charge in [-0.3, -0.25) is 9.48 Å². The van der Waals surface area contributed by atoms with Gasteiger partial charge in [-0.2, -0.15) is 5.10 Å². The number of rotatable bonds is 2. The zero-order valence-corrected chi connectivity index (χ0v) is 14.5. The third-order valence-electron chi connectivity index (χ3n) is 4.49. The molecule has 4 nitrogen and oxygen atoms in total. The lowest BCUT2D eigenvalue weighted by Gasteiger charge is -2.33. The summed E-state index contributed by atoms with van der Waals surface area (Å²) in [5.41, 5.74) is 1.69. The predicted octanol–water partition coefficient (Wildman–Crippen LogP) is 3.88. The number of amides is 1. The molecular weight excluding hydrogens is 294 g/mol. The van der Waals surface area contributed by atoms with Crippen LogP contribution >= 0.6 is 11.3 Å². The first kappa shape index (κ1) is 15.3. The standard InChI is InChI=1S/C17H23N3OS/c1-17(2,3)12-5-6-13-11(9-12)10-14(22-13)16(21)18-15-7-8-20(4)19-15/h7-8,10,12H,5-6,9H2,1-4H3,(H,18,19,21)/t12-/m1/s1. The van der Waals surface area contributed by atoms with Gasteiger partial charge in [-0.25, -0.2) is 0 Å². The first-order valence-corrected chi connectivity index (χ1v) is 8.57. The van der Waals surface area contributed by atoms with Crippen molar-refractivity contribution in [3.8, 4) is 0 Å². The molecule has 1 N–H and O–H groups in total. The van der Waals surface area contributed by atoms with Crippen LogP contribution in [0.25, 0.3) is 0 Å². The van der Waals surface area contributed by atoms with E-state index < -0.39 is 0 Å². The fourth-order valence-electron chi connectivity index (χ4n) is 3.03. The van der Waals surface area contributed by atoms with Gasteiger partial charge in [0.1, 0.15) is 0 Å². The molecule has 0 bridgehead atoms. The molecule has 0 spiro atoms. The van der Waals surface area contributed by atoms with Gasteiger partial charge >= 0.3 is 0 Å². The number of aryl methyl sites for hydroxylation is 2. The third kappa shape index (κ3) is 3.09. The smallest absolute Gasteiger partial charge is 0.266 e. The van der Waals surface area contributed by atoms with Crippen molar-refractivity contribution in [1.82, 2.24) is 9.78 Å². The first-order valence-electron chi connectivity index (χ1n) is 7.75. The van der Waals surface area contributed by atoms with Gasteiger partial charge < -0.3 is 5.32 Å². The van der Waals surface area contributed by atoms with Crippen LogP contribution < -0.4 is 5.32 Å². The fourth-order valence-corrected chi connectivity index (χ4v) is 4.14. The second kappa shape index (κ2) is 5.54. The van der Waals surface area contributed by atoms with Gasteiger partial charge in [0.25, 0.3) is 5.91 Å². The van der Waals surface area contributed by atoms with Crippen molar-refractivity contribution in [2.75, 3.05) is 5.32 Å². The highest BCUT2D eigenvalue weighted by Crippen LogP contribution is 2.40. The van der Waals surface area contributed by atoms with Crippen LogP contribution in [0.2, 0.25) is 0 Å². The Balaban J connectivity index is 1.75. The topological polar surface area (TPSA) is 46.9 Å². The lowest BCUT2D eigenvalue weighted by Crippen LogP contribution is -2.26. The van der Waals surface area contributed by atoms with Gasteiger partial charge in [0, 0.05) is 24.2 Å². The van der Waals surface area contributed by atoms with Gasteiger partial charge in [-0.1, -0.05) is 20.8 Å². The molecule has 0 aliphatic heterocycles. The summed E-state index contributed by atoms with van der Waals surface area (Å²) in [6.07, 6.45) is 5.23. The highest BCUT2D eigenvalue weighted by molar-refractivity contribution is 7.14. The number of nitrogens with one attached hydrogen (secondary N) is 1. The van der Waals surface area contributed by atoms with Crippen molar-refractivity contribution in [2.45, 2.75) is 40.0 Å². The molecule has 1 atom stereocenters. The fraction of sp³-hybridized carbons (Fsp3) is 0.529. The summed E-state index contributed by atoms with van der Waals surface area (Å²) >= 11 is 1.64. The summed E-state index contributed by atoms with van der Waals surface area (Å²) in [6, 6.07) is 3.89. The summed E-state index contributed by atoms with van der Waals surface area (Å²) in [5.74, 6) is 1.25. The molecular formula is C17H23N3OS. The van der Waals surface area contributed by atoms with E-state index in [-0.39, 0.29) is 5.91 Å². The van der Waals surface area contributed by atoms with E-state index in [9.17, 15) is 4.79 Å². The molecule has 3 rings (SSSR count). The molecule has 1 amide bonds. The Morgan fingerprint density at radius 1 is 1.45 bits per heavy atom. The quantitative estimate of drug-likeness (QED) is 0.913. The predicted molar refractivity (Wildman–Crippen MR) is 90.5 cm³/mol. The monoisotopic (exact) mass is 317 g/mol. The van der Waals surface area contributed by atoms with Gasteiger partial charge in [-0.15, -0.1) is 11.3 Å². The van der Waals surface area contributed by atoms with Crippen molar-refractivity contribution < 1.29 is 4.79 Å². The molecule has 5 heteroatoms. The van der Waals surface area contributed by atoms with Gasteiger partial charge in [-0.05, 0) is 42.2 Å². The van der Waals surface area contributed by atoms with Crippen molar-refractivity contribution >= 4 is 23.1 Å². The van der Waals surface area contributed by atoms with E-state index >= 15 is 0 Å². The minimum atomic E-state index is -0.0505. The highest BCUT2D eigenvalue weighted by atomic mass is 32.1. The van der Waals surface area contributed by atoms with Gasteiger partial charge in [0.05, 0.1) is 4.88 Å². The van der Waals surface area contributed by atoms with Crippen LogP contribution in [-0.4, -0.2) is 15.7 Å². The average Bonchev–Trinajstić information content (AvgIpc) is 3.02. The number of thiophene rings is 1. The average molecular weight is 317 g/mol. The van der Waals surface area contributed by atoms with Crippen LogP contribution in [0.3, 0.4) is 0 Å². The van der Waals surface area contributed by atoms with E-state index in [0.29, 0.717) is 17.2 Å². The number of carbonyl (C=O) groups excluding carboxylic acids is 1. The zero-order valence-electron chi connectivity index (χ0n) is 13.6. The Bertz CT molecular complexity index is 693. The molecule has 0 fully saturated rings. The lowest BCUT2D eigenvalue weighted by atomic mass is 9.72.